The van der Waals surface area contributed by atoms with Crippen LogP contribution >= 0.6 is 0 Å². The van der Waals surface area contributed by atoms with Gasteiger partial charge in [-0.3, -0.25) is 14.4 Å². The van der Waals surface area contributed by atoms with E-state index >= 15 is 0 Å². The second-order valence-electron chi connectivity index (χ2n) is 20.8. The molecule has 2 unspecified atom stereocenters. The van der Waals surface area contributed by atoms with Gasteiger partial charge in [0.25, 0.3) is 0 Å². The van der Waals surface area contributed by atoms with Gasteiger partial charge in [-0.15, -0.1) is 0 Å². The predicted molar refractivity (Wildman–Crippen MR) is 280 cm³/mol. The quantitative estimate of drug-likeness (QED) is 0.0344. The van der Waals surface area contributed by atoms with Gasteiger partial charge in [-0.2, -0.15) is 0 Å². The maximum atomic E-state index is 12.8. The molecule has 0 aromatic rings. The van der Waals surface area contributed by atoms with Crippen molar-refractivity contribution >= 4 is 17.9 Å². The molecule has 0 bridgehead atoms. The Labute approximate surface area is 406 Å². The molecule has 3 atom stereocenters. The number of carbonyl (C=O) groups excluding carboxylic acids is 3. The first kappa shape index (κ1) is 63.4. The van der Waals surface area contributed by atoms with E-state index < -0.39 is 6.10 Å². The van der Waals surface area contributed by atoms with E-state index in [0.29, 0.717) is 19.3 Å². The number of hydrogen-bond acceptors (Lipinski definition) is 6. The fraction of sp³-hybridized carbons (Fsp3) is 0.949. The van der Waals surface area contributed by atoms with Crippen LogP contribution in [0.5, 0.6) is 0 Å². The van der Waals surface area contributed by atoms with E-state index in [1.807, 2.05) is 0 Å². The highest BCUT2D eigenvalue weighted by atomic mass is 16.6. The molecule has 0 fully saturated rings. The Hall–Kier alpha value is -1.59. The number of ether oxygens (including phenoxy) is 3. The summed E-state index contributed by atoms with van der Waals surface area (Å²) in [6.07, 6.45) is 55.3. The van der Waals surface area contributed by atoms with Crippen molar-refractivity contribution in [2.75, 3.05) is 13.2 Å². The molecule has 0 saturated heterocycles. The van der Waals surface area contributed by atoms with Crippen LogP contribution in [0.4, 0.5) is 0 Å². The van der Waals surface area contributed by atoms with E-state index in [-0.39, 0.29) is 31.1 Å². The highest BCUT2D eigenvalue weighted by molar-refractivity contribution is 5.71. The van der Waals surface area contributed by atoms with E-state index in [1.54, 1.807) is 0 Å². The fourth-order valence-electron chi connectivity index (χ4n) is 8.99. The topological polar surface area (TPSA) is 78.9 Å². The van der Waals surface area contributed by atoms with Crippen LogP contribution in [0.3, 0.4) is 0 Å². The monoisotopic (exact) mass is 919 g/mol. The number of carbonyl (C=O) groups is 3. The molecule has 0 amide bonds. The lowest BCUT2D eigenvalue weighted by Crippen LogP contribution is -2.30. The molecule has 0 rings (SSSR count). The summed E-state index contributed by atoms with van der Waals surface area (Å²) in [6, 6.07) is 0. The fourth-order valence-corrected chi connectivity index (χ4v) is 8.99. The zero-order valence-electron chi connectivity index (χ0n) is 44.6. The van der Waals surface area contributed by atoms with Crippen molar-refractivity contribution < 1.29 is 28.6 Å². The van der Waals surface area contributed by atoms with Crippen LogP contribution in [0.25, 0.3) is 0 Å². The minimum absolute atomic E-state index is 0.0631. The standard InChI is InChI=1S/C59H114O6/c1-6-9-10-11-32-39-44-49-57(60)63-52-56(53-64-58(61)50-45-40-35-30-26-22-19-18-21-25-29-34-38-43-48-55(5)8-3)65-59(62)51-46-41-36-31-27-23-17-15-13-12-14-16-20-24-28-33-37-42-47-54(4)7-2/h54-56H,6-53H2,1-5H3/t54?,55?,56-/m0/s1. The Bertz CT molecular complexity index is 997. The predicted octanol–water partition coefficient (Wildman–Crippen LogP) is 19.3. The van der Waals surface area contributed by atoms with Gasteiger partial charge in [-0.25, -0.2) is 0 Å². The third-order valence-corrected chi connectivity index (χ3v) is 14.2. The van der Waals surface area contributed by atoms with Gasteiger partial charge >= 0.3 is 17.9 Å². The molecule has 0 N–H and O–H groups in total. The van der Waals surface area contributed by atoms with Crippen LogP contribution in [0.15, 0.2) is 0 Å². The Morgan fingerprint density at radius 2 is 0.538 bits per heavy atom. The number of esters is 3. The molecule has 6 heteroatoms. The first-order valence-electron chi connectivity index (χ1n) is 29.3. The molecular weight excluding hydrogens is 805 g/mol. The zero-order valence-corrected chi connectivity index (χ0v) is 44.6. The van der Waals surface area contributed by atoms with Crippen molar-refractivity contribution in [2.45, 2.75) is 336 Å². The van der Waals surface area contributed by atoms with Crippen molar-refractivity contribution in [3.8, 4) is 0 Å². The third-order valence-electron chi connectivity index (χ3n) is 14.2. The molecule has 65 heavy (non-hydrogen) atoms. The molecule has 0 aliphatic heterocycles. The van der Waals surface area contributed by atoms with Crippen molar-refractivity contribution in [2.24, 2.45) is 11.8 Å². The molecule has 386 valence electrons. The largest absolute Gasteiger partial charge is 0.462 e. The Morgan fingerprint density at radius 1 is 0.308 bits per heavy atom. The van der Waals surface area contributed by atoms with Crippen molar-refractivity contribution in [3.63, 3.8) is 0 Å². The highest BCUT2D eigenvalue weighted by Crippen LogP contribution is 2.19. The van der Waals surface area contributed by atoms with Crippen molar-refractivity contribution in [3.05, 3.63) is 0 Å². The minimum atomic E-state index is -0.761. The van der Waals surface area contributed by atoms with Gasteiger partial charge in [0, 0.05) is 19.3 Å². The van der Waals surface area contributed by atoms with Gasteiger partial charge in [0.1, 0.15) is 13.2 Å². The van der Waals surface area contributed by atoms with Crippen LogP contribution in [0.1, 0.15) is 330 Å². The Morgan fingerprint density at radius 3 is 0.800 bits per heavy atom. The molecule has 0 heterocycles. The second kappa shape index (κ2) is 51.8. The summed E-state index contributed by atoms with van der Waals surface area (Å²) in [6.45, 7) is 11.5. The van der Waals surface area contributed by atoms with E-state index in [2.05, 4.69) is 34.6 Å². The lowest BCUT2D eigenvalue weighted by Gasteiger charge is -2.18. The lowest BCUT2D eigenvalue weighted by atomic mass is 9.99. The molecule has 0 aromatic heterocycles. The summed E-state index contributed by atoms with van der Waals surface area (Å²) in [4.78, 5) is 38.0. The van der Waals surface area contributed by atoms with Crippen LogP contribution in [-0.2, 0) is 28.6 Å². The number of hydrogen-bond donors (Lipinski definition) is 0. The first-order valence-corrected chi connectivity index (χ1v) is 29.3. The van der Waals surface area contributed by atoms with E-state index in [1.165, 1.54) is 218 Å². The average Bonchev–Trinajstić information content (AvgIpc) is 3.30. The van der Waals surface area contributed by atoms with E-state index in [4.69, 9.17) is 14.2 Å². The Balaban J connectivity index is 4.12. The number of rotatable bonds is 53. The van der Waals surface area contributed by atoms with Crippen LogP contribution in [0, 0.1) is 11.8 Å². The van der Waals surface area contributed by atoms with Gasteiger partial charge in [0.05, 0.1) is 0 Å². The smallest absolute Gasteiger partial charge is 0.306 e. The average molecular weight is 920 g/mol. The summed E-state index contributed by atoms with van der Waals surface area (Å²) in [5, 5.41) is 0. The van der Waals surface area contributed by atoms with E-state index in [9.17, 15) is 14.4 Å². The zero-order chi connectivity index (χ0) is 47.5. The van der Waals surface area contributed by atoms with Gasteiger partial charge in [0.2, 0.25) is 0 Å². The molecule has 0 aliphatic rings. The van der Waals surface area contributed by atoms with Gasteiger partial charge < -0.3 is 14.2 Å². The summed E-state index contributed by atoms with van der Waals surface area (Å²) in [5.74, 6) is 0.959. The summed E-state index contributed by atoms with van der Waals surface area (Å²) < 4.78 is 16.8. The summed E-state index contributed by atoms with van der Waals surface area (Å²) >= 11 is 0. The van der Waals surface area contributed by atoms with Gasteiger partial charge in [-0.1, -0.05) is 291 Å². The molecular formula is C59H114O6. The molecule has 6 nitrogen and oxygen atoms in total. The maximum Gasteiger partial charge on any atom is 0.306 e. The normalized spacial score (nSPS) is 12.9. The van der Waals surface area contributed by atoms with Gasteiger partial charge in [-0.05, 0) is 31.1 Å². The highest BCUT2D eigenvalue weighted by Gasteiger charge is 2.19. The maximum absolute atomic E-state index is 12.8. The summed E-state index contributed by atoms with van der Waals surface area (Å²) in [7, 11) is 0. The third kappa shape index (κ3) is 50.1. The van der Waals surface area contributed by atoms with E-state index in [0.717, 1.165) is 69.6 Å². The second-order valence-corrected chi connectivity index (χ2v) is 20.8. The van der Waals surface area contributed by atoms with Crippen LogP contribution < -0.4 is 0 Å². The Kier molecular flexibility index (Phi) is 50.5. The summed E-state index contributed by atoms with van der Waals surface area (Å²) in [5.41, 5.74) is 0. The molecule has 0 saturated carbocycles. The molecule has 0 spiro atoms. The minimum Gasteiger partial charge on any atom is -0.462 e. The molecule has 0 radical (unpaired) electrons. The van der Waals surface area contributed by atoms with Crippen molar-refractivity contribution in [1.29, 1.82) is 0 Å². The number of unbranched alkanes of at least 4 members (excludes halogenated alkanes) is 36. The first-order chi connectivity index (χ1) is 31.8. The van der Waals surface area contributed by atoms with Crippen molar-refractivity contribution in [1.82, 2.24) is 0 Å². The van der Waals surface area contributed by atoms with Crippen LogP contribution in [0.2, 0.25) is 0 Å². The SMILES string of the molecule is CCCCCCCCCC(=O)OC[C@@H](COC(=O)CCCCCCCCCCCCCCCCC(C)CC)OC(=O)CCCCCCCCCCCCCCCCCCCCC(C)CC. The lowest BCUT2D eigenvalue weighted by molar-refractivity contribution is -0.167. The van der Waals surface area contributed by atoms with Gasteiger partial charge in [0.15, 0.2) is 6.10 Å². The van der Waals surface area contributed by atoms with Crippen LogP contribution in [-0.4, -0.2) is 37.2 Å². The molecule has 0 aromatic carbocycles. The molecule has 0 aliphatic carbocycles.